The molecule has 1 saturated carbocycles. The molecule has 2 aromatic carbocycles. The number of nitrogens with one attached hydrogen (secondary N) is 3. The number of benzene rings is 2. The molecule has 0 aliphatic heterocycles. The molecule has 0 heterocycles. The highest BCUT2D eigenvalue weighted by molar-refractivity contribution is 5.93. The molecular weight excluding hydrogens is 392 g/mol. The summed E-state index contributed by atoms with van der Waals surface area (Å²) in [5.74, 6) is -0.411. The van der Waals surface area contributed by atoms with Crippen LogP contribution in [0.1, 0.15) is 38.7 Å². The van der Waals surface area contributed by atoms with Crippen LogP contribution in [-0.2, 0) is 19.9 Å². The van der Waals surface area contributed by atoms with Crippen LogP contribution in [-0.4, -0.2) is 42.3 Å². The Morgan fingerprint density at radius 1 is 0.871 bits per heavy atom. The van der Waals surface area contributed by atoms with Crippen LogP contribution in [0.5, 0.6) is 0 Å². The first-order valence-electron chi connectivity index (χ1n) is 10.7. The van der Waals surface area contributed by atoms with E-state index in [2.05, 4.69) is 28.1 Å². The number of carbonyl (C=O) groups is 3. The van der Waals surface area contributed by atoms with Gasteiger partial charge in [0.1, 0.15) is 0 Å². The molecule has 3 rings (SSSR count). The van der Waals surface area contributed by atoms with Crippen LogP contribution in [0, 0.1) is 0 Å². The van der Waals surface area contributed by atoms with Gasteiger partial charge in [-0.15, -0.1) is 0 Å². The lowest BCUT2D eigenvalue weighted by molar-refractivity contribution is -0.126. The molecule has 7 heteroatoms. The van der Waals surface area contributed by atoms with E-state index >= 15 is 0 Å². The molecule has 164 valence electrons. The first-order chi connectivity index (χ1) is 14.9. The van der Waals surface area contributed by atoms with Crippen molar-refractivity contribution in [2.45, 2.75) is 38.6 Å². The van der Waals surface area contributed by atoms with Gasteiger partial charge in [0.15, 0.2) is 0 Å². The molecule has 0 atom stereocenters. The van der Waals surface area contributed by atoms with Gasteiger partial charge in [-0.3, -0.25) is 19.3 Å². The van der Waals surface area contributed by atoms with Crippen molar-refractivity contribution in [2.24, 2.45) is 0 Å². The van der Waals surface area contributed by atoms with E-state index in [4.69, 9.17) is 0 Å². The number of likely N-dealkylation sites (N-methyl/N-ethyl adjacent to an activating group) is 1. The Morgan fingerprint density at radius 3 is 1.97 bits per heavy atom. The van der Waals surface area contributed by atoms with E-state index < -0.39 is 0 Å². The minimum Gasteiger partial charge on any atom is -0.345 e. The summed E-state index contributed by atoms with van der Waals surface area (Å²) in [6.07, 6.45) is 2.96. The maximum Gasteiger partial charge on any atom is 0.238 e. The summed E-state index contributed by atoms with van der Waals surface area (Å²) in [5, 5.41) is 8.72. The lowest BCUT2D eigenvalue weighted by Crippen LogP contribution is -2.53. The lowest BCUT2D eigenvalue weighted by Gasteiger charge is -2.43. The third-order valence-electron chi connectivity index (χ3n) is 5.58. The lowest BCUT2D eigenvalue weighted by atomic mass is 9.72. The van der Waals surface area contributed by atoms with Gasteiger partial charge in [0.25, 0.3) is 0 Å². The standard InChI is InChI=1S/C24H30N4O3/c1-3-28(16-22(30)26-21-12-10-20(11-13-21)25-18(2)29)17-23(31)27-24(14-7-15-24)19-8-5-4-6-9-19/h4-6,8-13H,3,7,14-17H2,1-2H3,(H,25,29)(H,26,30)(H,27,31). The number of nitrogens with zero attached hydrogens (tertiary/aromatic N) is 1. The highest BCUT2D eigenvalue weighted by Crippen LogP contribution is 2.41. The molecular formula is C24H30N4O3. The van der Waals surface area contributed by atoms with Crippen LogP contribution in [0.25, 0.3) is 0 Å². The minimum atomic E-state index is -0.282. The fraction of sp³-hybridized carbons (Fsp3) is 0.375. The molecule has 0 aromatic heterocycles. The Labute approximate surface area is 183 Å². The quantitative estimate of drug-likeness (QED) is 0.579. The minimum absolute atomic E-state index is 0.0714. The fourth-order valence-electron chi connectivity index (χ4n) is 3.81. The number of anilines is 2. The second kappa shape index (κ2) is 10.2. The highest BCUT2D eigenvalue weighted by atomic mass is 16.2. The first kappa shape index (κ1) is 22.5. The molecule has 0 spiro atoms. The number of carbonyl (C=O) groups excluding carboxylic acids is 3. The van der Waals surface area contributed by atoms with Crippen LogP contribution in [0.2, 0.25) is 0 Å². The van der Waals surface area contributed by atoms with Crippen molar-refractivity contribution >= 4 is 29.1 Å². The normalized spacial score (nSPS) is 14.4. The molecule has 3 N–H and O–H groups in total. The predicted molar refractivity (Wildman–Crippen MR) is 122 cm³/mol. The maximum atomic E-state index is 12.7. The zero-order valence-corrected chi connectivity index (χ0v) is 18.1. The number of amides is 3. The molecule has 1 aliphatic carbocycles. The van der Waals surface area contributed by atoms with Gasteiger partial charge in [-0.25, -0.2) is 0 Å². The monoisotopic (exact) mass is 422 g/mol. The van der Waals surface area contributed by atoms with Crippen molar-refractivity contribution in [2.75, 3.05) is 30.3 Å². The van der Waals surface area contributed by atoms with E-state index in [0.29, 0.717) is 17.9 Å². The largest absolute Gasteiger partial charge is 0.345 e. The van der Waals surface area contributed by atoms with Crippen molar-refractivity contribution in [3.8, 4) is 0 Å². The fourth-order valence-corrected chi connectivity index (χ4v) is 3.81. The van der Waals surface area contributed by atoms with Crippen LogP contribution in [0.4, 0.5) is 11.4 Å². The highest BCUT2D eigenvalue weighted by Gasteiger charge is 2.39. The Hall–Kier alpha value is -3.19. The molecule has 2 aromatic rings. The Balaban J connectivity index is 1.52. The molecule has 1 fully saturated rings. The van der Waals surface area contributed by atoms with E-state index in [-0.39, 0.29) is 36.3 Å². The number of hydrogen-bond donors (Lipinski definition) is 3. The van der Waals surface area contributed by atoms with Crippen LogP contribution in [0.3, 0.4) is 0 Å². The van der Waals surface area contributed by atoms with Gasteiger partial charge in [-0.1, -0.05) is 37.3 Å². The zero-order chi connectivity index (χ0) is 22.3. The first-order valence-corrected chi connectivity index (χ1v) is 10.7. The summed E-state index contributed by atoms with van der Waals surface area (Å²) in [7, 11) is 0. The summed E-state index contributed by atoms with van der Waals surface area (Å²) in [6.45, 7) is 4.24. The SMILES string of the molecule is CCN(CC(=O)Nc1ccc(NC(C)=O)cc1)CC(=O)NC1(c2ccccc2)CCC1. The van der Waals surface area contributed by atoms with E-state index in [1.807, 2.05) is 30.0 Å². The summed E-state index contributed by atoms with van der Waals surface area (Å²) >= 11 is 0. The summed E-state index contributed by atoms with van der Waals surface area (Å²) in [4.78, 5) is 38.1. The van der Waals surface area contributed by atoms with E-state index in [9.17, 15) is 14.4 Å². The van der Waals surface area contributed by atoms with Crippen LogP contribution >= 0.6 is 0 Å². The summed E-state index contributed by atoms with van der Waals surface area (Å²) in [5.41, 5.74) is 2.16. The average molecular weight is 423 g/mol. The van der Waals surface area contributed by atoms with Gasteiger partial charge < -0.3 is 16.0 Å². The molecule has 0 unspecified atom stereocenters. The number of hydrogen-bond acceptors (Lipinski definition) is 4. The van der Waals surface area contributed by atoms with Crippen LogP contribution in [0.15, 0.2) is 54.6 Å². The van der Waals surface area contributed by atoms with Crippen molar-refractivity contribution in [3.63, 3.8) is 0 Å². The van der Waals surface area contributed by atoms with Crippen LogP contribution < -0.4 is 16.0 Å². The molecule has 31 heavy (non-hydrogen) atoms. The van der Waals surface area contributed by atoms with Crippen molar-refractivity contribution in [3.05, 3.63) is 60.2 Å². The smallest absolute Gasteiger partial charge is 0.238 e. The molecule has 0 radical (unpaired) electrons. The molecule has 0 bridgehead atoms. The Kier molecular flexibility index (Phi) is 7.41. The number of rotatable bonds is 9. The predicted octanol–water partition coefficient (Wildman–Crippen LogP) is 3.10. The second-order valence-electron chi connectivity index (χ2n) is 7.96. The van der Waals surface area contributed by atoms with Crippen molar-refractivity contribution in [1.82, 2.24) is 10.2 Å². The van der Waals surface area contributed by atoms with E-state index in [1.165, 1.54) is 6.92 Å². The molecule has 7 nitrogen and oxygen atoms in total. The van der Waals surface area contributed by atoms with Gasteiger partial charge in [0.05, 0.1) is 18.6 Å². The van der Waals surface area contributed by atoms with Gasteiger partial charge in [-0.2, -0.15) is 0 Å². The van der Waals surface area contributed by atoms with Gasteiger partial charge >= 0.3 is 0 Å². The van der Waals surface area contributed by atoms with E-state index in [0.717, 1.165) is 24.8 Å². The van der Waals surface area contributed by atoms with Crippen molar-refractivity contribution < 1.29 is 14.4 Å². The molecule has 3 amide bonds. The summed E-state index contributed by atoms with van der Waals surface area (Å²) in [6, 6.07) is 17.0. The van der Waals surface area contributed by atoms with Crippen molar-refractivity contribution in [1.29, 1.82) is 0 Å². The third kappa shape index (κ3) is 6.15. The van der Waals surface area contributed by atoms with Gasteiger partial charge in [-0.05, 0) is 55.6 Å². The zero-order valence-electron chi connectivity index (χ0n) is 18.1. The Morgan fingerprint density at radius 2 is 1.45 bits per heavy atom. The molecule has 1 aliphatic rings. The molecule has 0 saturated heterocycles. The maximum absolute atomic E-state index is 12.7. The summed E-state index contributed by atoms with van der Waals surface area (Å²) < 4.78 is 0. The average Bonchev–Trinajstić information content (AvgIpc) is 2.72. The van der Waals surface area contributed by atoms with E-state index in [1.54, 1.807) is 24.3 Å². The third-order valence-corrected chi connectivity index (χ3v) is 5.58. The second-order valence-corrected chi connectivity index (χ2v) is 7.96. The topological polar surface area (TPSA) is 90.5 Å². The van der Waals surface area contributed by atoms with Gasteiger partial charge in [0.2, 0.25) is 17.7 Å². The Bertz CT molecular complexity index is 908. The van der Waals surface area contributed by atoms with Gasteiger partial charge in [0, 0.05) is 18.3 Å².